The van der Waals surface area contributed by atoms with Crippen LogP contribution in [0.5, 0.6) is 0 Å². The first kappa shape index (κ1) is 11.0. The van der Waals surface area contributed by atoms with Crippen LogP contribution in [0.15, 0.2) is 0 Å². The first-order valence-corrected chi connectivity index (χ1v) is 4.82. The molecule has 3 N–H and O–H groups in total. The summed E-state index contributed by atoms with van der Waals surface area (Å²) < 4.78 is 0. The summed E-state index contributed by atoms with van der Waals surface area (Å²) in [5.74, 6) is -0.127. The molecule has 0 radical (unpaired) electrons. The van der Waals surface area contributed by atoms with Crippen molar-refractivity contribution in [2.45, 2.75) is 38.3 Å². The molecule has 0 aromatic rings. The molecule has 14 heavy (non-hydrogen) atoms. The van der Waals surface area contributed by atoms with Crippen molar-refractivity contribution in [3.8, 4) is 0 Å². The fourth-order valence-corrected chi connectivity index (χ4v) is 1.35. The zero-order chi connectivity index (χ0) is 10.6. The average molecular weight is 200 g/mol. The van der Waals surface area contributed by atoms with Crippen molar-refractivity contribution < 1.29 is 14.7 Å². The van der Waals surface area contributed by atoms with Crippen LogP contribution in [0.4, 0.5) is 0 Å². The van der Waals surface area contributed by atoms with Gasteiger partial charge in [0.15, 0.2) is 0 Å². The smallest absolute Gasteiger partial charge is 0.222 e. The van der Waals surface area contributed by atoms with E-state index in [1.165, 1.54) is 0 Å². The molecule has 5 heteroatoms. The Kier molecular flexibility index (Phi) is 3.88. The van der Waals surface area contributed by atoms with Gasteiger partial charge in [0.25, 0.3) is 0 Å². The third-order valence-electron chi connectivity index (χ3n) is 2.13. The molecule has 2 unspecified atom stereocenters. The molecule has 0 saturated carbocycles. The molecule has 1 rings (SSSR count). The van der Waals surface area contributed by atoms with Crippen molar-refractivity contribution in [3.05, 3.63) is 0 Å². The molecule has 2 atom stereocenters. The van der Waals surface area contributed by atoms with E-state index >= 15 is 0 Å². The SMILES string of the molecule is CC(O)CCC(=O)NC1CNC(=O)C1. The maximum atomic E-state index is 11.2. The van der Waals surface area contributed by atoms with E-state index in [4.69, 9.17) is 5.11 Å². The van der Waals surface area contributed by atoms with Crippen molar-refractivity contribution in [3.63, 3.8) is 0 Å². The van der Waals surface area contributed by atoms with Gasteiger partial charge in [0.2, 0.25) is 11.8 Å². The van der Waals surface area contributed by atoms with Gasteiger partial charge in [-0.2, -0.15) is 0 Å². The van der Waals surface area contributed by atoms with Crippen molar-refractivity contribution in [2.75, 3.05) is 6.54 Å². The summed E-state index contributed by atoms with van der Waals surface area (Å²) in [4.78, 5) is 22.0. The predicted molar refractivity (Wildman–Crippen MR) is 50.5 cm³/mol. The van der Waals surface area contributed by atoms with Crippen molar-refractivity contribution >= 4 is 11.8 Å². The Hall–Kier alpha value is -1.10. The van der Waals surface area contributed by atoms with Crippen molar-refractivity contribution in [2.24, 2.45) is 0 Å². The van der Waals surface area contributed by atoms with Crippen LogP contribution in [0, 0.1) is 0 Å². The first-order chi connectivity index (χ1) is 6.58. The van der Waals surface area contributed by atoms with Crippen LogP contribution < -0.4 is 10.6 Å². The van der Waals surface area contributed by atoms with E-state index < -0.39 is 6.10 Å². The largest absolute Gasteiger partial charge is 0.393 e. The highest BCUT2D eigenvalue weighted by Crippen LogP contribution is 2.01. The fourth-order valence-electron chi connectivity index (χ4n) is 1.35. The van der Waals surface area contributed by atoms with Crippen LogP contribution in [0.3, 0.4) is 0 Å². The van der Waals surface area contributed by atoms with Gasteiger partial charge < -0.3 is 15.7 Å². The number of amides is 2. The molecule has 1 saturated heterocycles. The molecular formula is C9H16N2O3. The van der Waals surface area contributed by atoms with E-state index in [2.05, 4.69) is 10.6 Å². The molecule has 5 nitrogen and oxygen atoms in total. The predicted octanol–water partition coefficient (Wildman–Crippen LogP) is -0.848. The number of hydrogen-bond acceptors (Lipinski definition) is 3. The lowest BCUT2D eigenvalue weighted by atomic mass is 10.2. The van der Waals surface area contributed by atoms with Crippen molar-refractivity contribution in [1.29, 1.82) is 0 Å². The van der Waals surface area contributed by atoms with E-state index in [-0.39, 0.29) is 17.9 Å². The maximum Gasteiger partial charge on any atom is 0.222 e. The summed E-state index contributed by atoms with van der Waals surface area (Å²) >= 11 is 0. The Labute approximate surface area is 82.9 Å². The number of aliphatic hydroxyl groups excluding tert-OH is 1. The molecule has 0 aliphatic carbocycles. The highest BCUT2D eigenvalue weighted by Gasteiger charge is 2.22. The van der Waals surface area contributed by atoms with E-state index in [9.17, 15) is 9.59 Å². The minimum absolute atomic E-state index is 0.0224. The molecule has 1 aliphatic heterocycles. The van der Waals surface area contributed by atoms with E-state index in [0.29, 0.717) is 25.8 Å². The second-order valence-electron chi connectivity index (χ2n) is 3.66. The van der Waals surface area contributed by atoms with Gasteiger partial charge in [-0.3, -0.25) is 9.59 Å². The number of aliphatic hydroxyl groups is 1. The molecule has 1 aliphatic rings. The Bertz CT molecular complexity index is 228. The normalized spacial score (nSPS) is 23.0. The lowest BCUT2D eigenvalue weighted by molar-refractivity contribution is -0.122. The third-order valence-corrected chi connectivity index (χ3v) is 2.13. The molecule has 2 amide bonds. The minimum atomic E-state index is -0.455. The third kappa shape index (κ3) is 3.74. The summed E-state index contributed by atoms with van der Waals surface area (Å²) in [5, 5.41) is 14.3. The average Bonchev–Trinajstić information content (AvgIpc) is 2.48. The van der Waals surface area contributed by atoms with Crippen LogP contribution in [0.1, 0.15) is 26.2 Å². The Morgan fingerprint density at radius 3 is 3.00 bits per heavy atom. The van der Waals surface area contributed by atoms with Gasteiger partial charge in [0, 0.05) is 19.4 Å². The Morgan fingerprint density at radius 1 is 1.79 bits per heavy atom. The van der Waals surface area contributed by atoms with Gasteiger partial charge in [-0.1, -0.05) is 0 Å². The first-order valence-electron chi connectivity index (χ1n) is 4.82. The van der Waals surface area contributed by atoms with Gasteiger partial charge in [0.1, 0.15) is 0 Å². The lowest BCUT2D eigenvalue weighted by Gasteiger charge is -2.10. The van der Waals surface area contributed by atoms with Gasteiger partial charge in [-0.05, 0) is 13.3 Å². The highest BCUT2D eigenvalue weighted by atomic mass is 16.3. The minimum Gasteiger partial charge on any atom is -0.393 e. The number of hydrogen-bond donors (Lipinski definition) is 3. The summed E-state index contributed by atoms with van der Waals surface area (Å²) in [6, 6.07) is -0.0796. The fraction of sp³-hybridized carbons (Fsp3) is 0.778. The van der Waals surface area contributed by atoms with E-state index in [0.717, 1.165) is 0 Å². The molecule has 1 fully saturated rings. The molecule has 0 aromatic carbocycles. The molecule has 0 aromatic heterocycles. The quantitative estimate of drug-likeness (QED) is 0.553. The summed E-state index contributed by atoms with van der Waals surface area (Å²) in [7, 11) is 0. The molecule has 0 spiro atoms. The summed E-state index contributed by atoms with van der Waals surface area (Å²) in [6.07, 6.45) is 0.673. The highest BCUT2D eigenvalue weighted by molar-refractivity contribution is 5.81. The second-order valence-corrected chi connectivity index (χ2v) is 3.66. The monoisotopic (exact) mass is 200 g/mol. The van der Waals surface area contributed by atoms with Crippen molar-refractivity contribution in [1.82, 2.24) is 10.6 Å². The standard InChI is InChI=1S/C9H16N2O3/c1-6(12)2-3-8(13)11-7-4-9(14)10-5-7/h6-7,12H,2-5H2,1H3,(H,10,14)(H,11,13). The number of nitrogens with one attached hydrogen (secondary N) is 2. The van der Waals surface area contributed by atoms with Gasteiger partial charge in [-0.25, -0.2) is 0 Å². The molecule has 1 heterocycles. The number of rotatable bonds is 4. The van der Waals surface area contributed by atoms with Crippen LogP contribution in [-0.4, -0.2) is 35.6 Å². The summed E-state index contributed by atoms with van der Waals surface area (Å²) in [5.41, 5.74) is 0. The Balaban J connectivity index is 2.17. The van der Waals surface area contributed by atoms with Crippen LogP contribution in [0.2, 0.25) is 0 Å². The topological polar surface area (TPSA) is 78.4 Å². The zero-order valence-corrected chi connectivity index (χ0v) is 8.25. The Morgan fingerprint density at radius 2 is 2.50 bits per heavy atom. The van der Waals surface area contributed by atoms with Crippen LogP contribution >= 0.6 is 0 Å². The summed E-state index contributed by atoms with van der Waals surface area (Å²) in [6.45, 7) is 2.16. The lowest BCUT2D eigenvalue weighted by Crippen LogP contribution is -2.36. The van der Waals surface area contributed by atoms with Crippen LogP contribution in [-0.2, 0) is 9.59 Å². The van der Waals surface area contributed by atoms with Gasteiger partial charge >= 0.3 is 0 Å². The van der Waals surface area contributed by atoms with E-state index in [1.54, 1.807) is 6.92 Å². The second kappa shape index (κ2) is 4.95. The number of carbonyl (C=O) groups excluding carboxylic acids is 2. The van der Waals surface area contributed by atoms with Gasteiger partial charge in [0.05, 0.1) is 12.1 Å². The van der Waals surface area contributed by atoms with Crippen LogP contribution in [0.25, 0.3) is 0 Å². The maximum absolute atomic E-state index is 11.2. The van der Waals surface area contributed by atoms with E-state index in [1.807, 2.05) is 0 Å². The van der Waals surface area contributed by atoms with Gasteiger partial charge in [-0.15, -0.1) is 0 Å². The number of carbonyl (C=O) groups is 2. The zero-order valence-electron chi connectivity index (χ0n) is 8.25. The molecule has 80 valence electrons. The molecule has 0 bridgehead atoms. The molecular weight excluding hydrogens is 184 g/mol.